The van der Waals surface area contributed by atoms with Gasteiger partial charge >= 0.3 is 5.69 Å². The molecule has 0 saturated carbocycles. The van der Waals surface area contributed by atoms with Gasteiger partial charge in [0, 0.05) is 12.1 Å². The van der Waals surface area contributed by atoms with Crippen molar-refractivity contribution >= 4 is 28.9 Å². The highest BCUT2D eigenvalue weighted by atomic mass is 19.1. The Bertz CT molecular complexity index is 944. The lowest BCUT2D eigenvalue weighted by Crippen LogP contribution is -2.59. The standard InChI is InChI=1S/C18H16FN3O5/c1-18(2)17(24)20-12-5-3-4-6-13(12)21(18)16(23)10-27-15-9-11(19)7-8-14(15)22(25)26/h3-9H,10H2,1-2H3,(H,20,24). The van der Waals surface area contributed by atoms with Crippen LogP contribution in [-0.2, 0) is 9.59 Å². The fraction of sp³-hybridized carbons (Fsp3) is 0.222. The molecule has 1 aliphatic heterocycles. The highest BCUT2D eigenvalue weighted by Gasteiger charge is 2.43. The summed E-state index contributed by atoms with van der Waals surface area (Å²) in [6.07, 6.45) is 0. The molecule has 140 valence electrons. The maximum atomic E-state index is 13.4. The van der Waals surface area contributed by atoms with Gasteiger partial charge in [-0.3, -0.25) is 24.6 Å². The number of carbonyl (C=O) groups excluding carboxylic acids is 2. The second-order valence-corrected chi connectivity index (χ2v) is 6.42. The summed E-state index contributed by atoms with van der Waals surface area (Å²) in [5.74, 6) is -2.07. The van der Waals surface area contributed by atoms with Crippen LogP contribution in [0.4, 0.5) is 21.5 Å². The van der Waals surface area contributed by atoms with Crippen molar-refractivity contribution in [3.63, 3.8) is 0 Å². The Kier molecular flexibility index (Phi) is 4.52. The molecule has 1 heterocycles. The first-order chi connectivity index (χ1) is 12.7. The van der Waals surface area contributed by atoms with Crippen LogP contribution in [-0.4, -0.2) is 28.9 Å². The van der Waals surface area contributed by atoms with E-state index in [4.69, 9.17) is 4.74 Å². The van der Waals surface area contributed by atoms with Crippen molar-refractivity contribution in [1.82, 2.24) is 0 Å². The Morgan fingerprint density at radius 3 is 2.70 bits per heavy atom. The summed E-state index contributed by atoms with van der Waals surface area (Å²) >= 11 is 0. The Morgan fingerprint density at radius 1 is 1.30 bits per heavy atom. The molecule has 0 aliphatic carbocycles. The Hall–Kier alpha value is -3.49. The van der Waals surface area contributed by atoms with Crippen LogP contribution in [0.5, 0.6) is 5.75 Å². The molecule has 2 aromatic rings. The molecule has 0 unspecified atom stereocenters. The van der Waals surface area contributed by atoms with Crippen LogP contribution in [0.25, 0.3) is 0 Å². The predicted octanol–water partition coefficient (Wildman–Crippen LogP) is 2.88. The molecule has 27 heavy (non-hydrogen) atoms. The number of benzene rings is 2. The average Bonchev–Trinajstić information content (AvgIpc) is 2.60. The summed E-state index contributed by atoms with van der Waals surface area (Å²) in [7, 11) is 0. The molecular formula is C18H16FN3O5. The van der Waals surface area contributed by atoms with Gasteiger partial charge in [0.05, 0.1) is 16.3 Å². The van der Waals surface area contributed by atoms with E-state index in [1.165, 1.54) is 4.90 Å². The van der Waals surface area contributed by atoms with Crippen LogP contribution >= 0.6 is 0 Å². The van der Waals surface area contributed by atoms with Gasteiger partial charge in [-0.2, -0.15) is 0 Å². The molecule has 2 aromatic carbocycles. The molecule has 0 saturated heterocycles. The number of carbonyl (C=O) groups is 2. The Morgan fingerprint density at radius 2 is 2.00 bits per heavy atom. The van der Waals surface area contributed by atoms with Gasteiger partial charge in [0.1, 0.15) is 11.4 Å². The number of halogens is 1. The fourth-order valence-corrected chi connectivity index (χ4v) is 2.86. The van der Waals surface area contributed by atoms with E-state index in [-0.39, 0.29) is 11.7 Å². The first kappa shape index (κ1) is 18.3. The van der Waals surface area contributed by atoms with E-state index in [2.05, 4.69) is 5.32 Å². The minimum atomic E-state index is -1.21. The van der Waals surface area contributed by atoms with Gasteiger partial charge in [0.2, 0.25) is 11.7 Å². The van der Waals surface area contributed by atoms with E-state index in [0.29, 0.717) is 11.4 Å². The van der Waals surface area contributed by atoms with Crippen LogP contribution in [0, 0.1) is 15.9 Å². The van der Waals surface area contributed by atoms with Crippen LogP contribution in [0.3, 0.4) is 0 Å². The number of hydrogen-bond donors (Lipinski definition) is 1. The number of hydrogen-bond acceptors (Lipinski definition) is 5. The van der Waals surface area contributed by atoms with Gasteiger partial charge in [-0.05, 0) is 32.0 Å². The lowest BCUT2D eigenvalue weighted by molar-refractivity contribution is -0.385. The first-order valence-electron chi connectivity index (χ1n) is 8.02. The summed E-state index contributed by atoms with van der Waals surface area (Å²) in [5, 5.41) is 13.8. The van der Waals surface area contributed by atoms with Crippen molar-refractivity contribution in [3.8, 4) is 5.75 Å². The second kappa shape index (κ2) is 6.67. The number of anilines is 2. The van der Waals surface area contributed by atoms with Crippen LogP contribution < -0.4 is 15.0 Å². The van der Waals surface area contributed by atoms with Crippen molar-refractivity contribution in [2.75, 3.05) is 16.8 Å². The van der Waals surface area contributed by atoms with Gasteiger partial charge in [0.15, 0.2) is 6.61 Å². The van der Waals surface area contributed by atoms with Crippen molar-refractivity contribution in [1.29, 1.82) is 0 Å². The number of amides is 2. The molecule has 0 fully saturated rings. The molecular weight excluding hydrogens is 357 g/mol. The smallest absolute Gasteiger partial charge is 0.311 e. The topological polar surface area (TPSA) is 102 Å². The minimum absolute atomic E-state index is 0.360. The summed E-state index contributed by atoms with van der Waals surface area (Å²) < 4.78 is 18.6. The Labute approximate surface area is 153 Å². The zero-order valence-electron chi connectivity index (χ0n) is 14.6. The highest BCUT2D eigenvalue weighted by Crippen LogP contribution is 2.37. The largest absolute Gasteiger partial charge is 0.477 e. The van der Waals surface area contributed by atoms with Gasteiger partial charge < -0.3 is 10.1 Å². The van der Waals surface area contributed by atoms with E-state index in [1.807, 2.05) is 0 Å². The van der Waals surface area contributed by atoms with Gasteiger partial charge in [0.25, 0.3) is 5.91 Å². The monoisotopic (exact) mass is 373 g/mol. The summed E-state index contributed by atoms with van der Waals surface area (Å²) in [4.78, 5) is 36.8. The van der Waals surface area contributed by atoms with Crippen LogP contribution in [0.2, 0.25) is 0 Å². The summed E-state index contributed by atoms with van der Waals surface area (Å²) in [6.45, 7) is 2.54. The number of para-hydroxylation sites is 2. The predicted molar refractivity (Wildman–Crippen MR) is 95.2 cm³/mol. The van der Waals surface area contributed by atoms with E-state index >= 15 is 0 Å². The van der Waals surface area contributed by atoms with Gasteiger partial charge in [-0.25, -0.2) is 4.39 Å². The third kappa shape index (κ3) is 3.31. The molecule has 1 N–H and O–H groups in total. The maximum Gasteiger partial charge on any atom is 0.311 e. The number of fused-ring (bicyclic) bond motifs is 1. The maximum absolute atomic E-state index is 13.4. The fourth-order valence-electron chi connectivity index (χ4n) is 2.86. The van der Waals surface area contributed by atoms with Crippen molar-refractivity contribution < 1.29 is 23.6 Å². The van der Waals surface area contributed by atoms with Crippen molar-refractivity contribution in [3.05, 3.63) is 58.4 Å². The normalized spacial score (nSPS) is 14.9. The first-order valence-corrected chi connectivity index (χ1v) is 8.02. The summed E-state index contributed by atoms with van der Waals surface area (Å²) in [6, 6.07) is 9.48. The number of rotatable bonds is 4. The number of nitro benzene ring substituents is 1. The zero-order chi connectivity index (χ0) is 19.8. The lowest BCUT2D eigenvalue weighted by atomic mass is 9.96. The number of nitrogens with one attached hydrogen (secondary N) is 1. The number of nitro groups is 1. The summed E-state index contributed by atoms with van der Waals surface area (Å²) in [5.41, 5.74) is -0.723. The molecule has 0 bridgehead atoms. The quantitative estimate of drug-likeness (QED) is 0.656. The number of ether oxygens (including phenoxy) is 1. The molecule has 2 amide bonds. The molecule has 0 atom stereocenters. The second-order valence-electron chi connectivity index (χ2n) is 6.42. The van der Waals surface area contributed by atoms with E-state index in [0.717, 1.165) is 18.2 Å². The molecule has 9 heteroatoms. The molecule has 0 aromatic heterocycles. The third-order valence-electron chi connectivity index (χ3n) is 4.23. The minimum Gasteiger partial charge on any atom is -0.477 e. The average molecular weight is 373 g/mol. The van der Waals surface area contributed by atoms with Crippen LogP contribution in [0.15, 0.2) is 42.5 Å². The lowest BCUT2D eigenvalue weighted by Gasteiger charge is -2.41. The highest BCUT2D eigenvalue weighted by molar-refractivity contribution is 6.14. The zero-order valence-corrected chi connectivity index (χ0v) is 14.6. The van der Waals surface area contributed by atoms with Crippen molar-refractivity contribution in [2.45, 2.75) is 19.4 Å². The SMILES string of the molecule is CC1(C)C(=O)Nc2ccccc2N1C(=O)COc1cc(F)ccc1[N+](=O)[O-]. The van der Waals surface area contributed by atoms with E-state index < -0.39 is 34.5 Å². The number of nitrogens with zero attached hydrogens (tertiary/aromatic N) is 2. The molecule has 1 aliphatic rings. The Balaban J connectivity index is 1.89. The van der Waals surface area contributed by atoms with Gasteiger partial charge in [-0.15, -0.1) is 0 Å². The van der Waals surface area contributed by atoms with E-state index in [1.54, 1.807) is 38.1 Å². The molecule has 0 radical (unpaired) electrons. The third-order valence-corrected chi connectivity index (χ3v) is 4.23. The van der Waals surface area contributed by atoms with E-state index in [9.17, 15) is 24.1 Å². The molecule has 8 nitrogen and oxygen atoms in total. The van der Waals surface area contributed by atoms with Gasteiger partial charge in [-0.1, -0.05) is 12.1 Å². The molecule has 0 spiro atoms. The molecule has 3 rings (SSSR count). The van der Waals surface area contributed by atoms with Crippen LogP contribution in [0.1, 0.15) is 13.8 Å². The van der Waals surface area contributed by atoms with Crippen molar-refractivity contribution in [2.24, 2.45) is 0 Å².